The quantitative estimate of drug-likeness (QED) is 0.677. The van der Waals surface area contributed by atoms with E-state index in [1.165, 1.54) is 9.21 Å². The van der Waals surface area contributed by atoms with Gasteiger partial charge in [-0.2, -0.15) is 4.31 Å². The van der Waals surface area contributed by atoms with Crippen LogP contribution < -0.4 is 5.73 Å². The largest absolute Gasteiger partial charge is 0.368 e. The van der Waals surface area contributed by atoms with Gasteiger partial charge in [0.25, 0.3) is 0 Å². The van der Waals surface area contributed by atoms with E-state index in [9.17, 15) is 18.0 Å². The Morgan fingerprint density at radius 1 is 1.22 bits per heavy atom. The molecule has 2 heterocycles. The standard InChI is InChI=1S/C10H17N3O4S/c11-10(15)8-3-1-5-13(8)9(14)7-12-4-2-6-18(12,16)17/h8H,1-7H2,(H2,11,15). The lowest BCUT2D eigenvalue weighted by Crippen LogP contribution is -2.47. The lowest BCUT2D eigenvalue weighted by molar-refractivity contribution is -0.137. The van der Waals surface area contributed by atoms with Gasteiger partial charge in [0.1, 0.15) is 6.04 Å². The molecule has 0 aliphatic carbocycles. The van der Waals surface area contributed by atoms with E-state index in [-0.39, 0.29) is 18.2 Å². The van der Waals surface area contributed by atoms with Gasteiger partial charge in [-0.3, -0.25) is 9.59 Å². The third kappa shape index (κ3) is 2.49. The highest BCUT2D eigenvalue weighted by molar-refractivity contribution is 7.89. The third-order valence-electron chi connectivity index (χ3n) is 3.42. The molecule has 0 radical (unpaired) electrons. The number of hydrogen-bond acceptors (Lipinski definition) is 4. The molecule has 0 aromatic heterocycles. The number of primary amides is 1. The van der Waals surface area contributed by atoms with Crippen molar-refractivity contribution in [2.75, 3.05) is 25.4 Å². The molecule has 2 saturated heterocycles. The molecule has 0 saturated carbocycles. The van der Waals surface area contributed by atoms with Crippen LogP contribution in [0.25, 0.3) is 0 Å². The minimum Gasteiger partial charge on any atom is -0.368 e. The first kappa shape index (κ1) is 13.3. The van der Waals surface area contributed by atoms with Crippen LogP contribution in [0, 0.1) is 0 Å². The number of nitrogens with two attached hydrogens (primary N) is 1. The van der Waals surface area contributed by atoms with Crippen molar-refractivity contribution in [3.63, 3.8) is 0 Å². The molecule has 0 aromatic rings. The molecule has 2 aliphatic rings. The lowest BCUT2D eigenvalue weighted by Gasteiger charge is -2.24. The van der Waals surface area contributed by atoms with E-state index >= 15 is 0 Å². The zero-order chi connectivity index (χ0) is 13.3. The first-order chi connectivity index (χ1) is 8.42. The molecule has 102 valence electrons. The Balaban J connectivity index is 2.02. The van der Waals surface area contributed by atoms with Gasteiger partial charge in [0.05, 0.1) is 12.3 Å². The normalized spacial score (nSPS) is 27.6. The number of likely N-dealkylation sites (tertiary alicyclic amines) is 1. The fourth-order valence-corrected chi connectivity index (χ4v) is 3.94. The summed E-state index contributed by atoms with van der Waals surface area (Å²) in [6.07, 6.45) is 1.84. The second-order valence-electron chi connectivity index (χ2n) is 4.65. The molecule has 0 spiro atoms. The van der Waals surface area contributed by atoms with Gasteiger partial charge in [-0.25, -0.2) is 8.42 Å². The Bertz CT molecular complexity index is 462. The van der Waals surface area contributed by atoms with Crippen molar-refractivity contribution in [2.45, 2.75) is 25.3 Å². The molecule has 7 nitrogen and oxygen atoms in total. The number of carbonyl (C=O) groups excluding carboxylic acids is 2. The second-order valence-corrected chi connectivity index (χ2v) is 6.74. The molecule has 18 heavy (non-hydrogen) atoms. The summed E-state index contributed by atoms with van der Waals surface area (Å²) in [5.41, 5.74) is 5.22. The Labute approximate surface area is 106 Å². The third-order valence-corrected chi connectivity index (χ3v) is 5.32. The van der Waals surface area contributed by atoms with Crippen LogP contribution in [0.15, 0.2) is 0 Å². The van der Waals surface area contributed by atoms with Crippen LogP contribution in [0.4, 0.5) is 0 Å². The predicted molar refractivity (Wildman–Crippen MR) is 63.9 cm³/mol. The molecule has 2 N–H and O–H groups in total. The molecule has 2 rings (SSSR count). The van der Waals surface area contributed by atoms with E-state index in [0.717, 1.165) is 6.42 Å². The highest BCUT2D eigenvalue weighted by Crippen LogP contribution is 2.19. The Morgan fingerprint density at radius 2 is 1.94 bits per heavy atom. The highest BCUT2D eigenvalue weighted by Gasteiger charge is 2.36. The van der Waals surface area contributed by atoms with Crippen LogP contribution in [0.3, 0.4) is 0 Å². The molecule has 2 amide bonds. The van der Waals surface area contributed by atoms with Crippen LogP contribution in [-0.2, 0) is 19.6 Å². The maximum Gasteiger partial charge on any atom is 0.240 e. The molecule has 2 aliphatic heterocycles. The molecule has 1 atom stereocenters. The molecule has 0 aromatic carbocycles. The molecular formula is C10H17N3O4S. The summed E-state index contributed by atoms with van der Waals surface area (Å²) in [6, 6.07) is -0.581. The smallest absolute Gasteiger partial charge is 0.240 e. The zero-order valence-electron chi connectivity index (χ0n) is 10.0. The SMILES string of the molecule is NC(=O)C1CCCN1C(=O)CN1CCCS1(=O)=O. The van der Waals surface area contributed by atoms with E-state index in [1.54, 1.807) is 0 Å². The first-order valence-corrected chi connectivity index (χ1v) is 7.59. The van der Waals surface area contributed by atoms with Crippen LogP contribution >= 0.6 is 0 Å². The van der Waals surface area contributed by atoms with Gasteiger partial charge in [-0.05, 0) is 19.3 Å². The van der Waals surface area contributed by atoms with Gasteiger partial charge in [0.2, 0.25) is 21.8 Å². The van der Waals surface area contributed by atoms with Gasteiger partial charge in [-0.15, -0.1) is 0 Å². The fraction of sp³-hybridized carbons (Fsp3) is 0.800. The topological polar surface area (TPSA) is 101 Å². The summed E-state index contributed by atoms with van der Waals surface area (Å²) in [5, 5.41) is 0. The Morgan fingerprint density at radius 3 is 2.50 bits per heavy atom. The maximum atomic E-state index is 12.0. The fourth-order valence-electron chi connectivity index (χ4n) is 2.47. The number of nitrogens with zero attached hydrogens (tertiary/aromatic N) is 2. The Hall–Kier alpha value is -1.15. The number of sulfonamides is 1. The van der Waals surface area contributed by atoms with Crippen LogP contribution in [-0.4, -0.2) is 60.9 Å². The van der Waals surface area contributed by atoms with Gasteiger partial charge in [0.15, 0.2) is 0 Å². The van der Waals surface area contributed by atoms with E-state index < -0.39 is 22.0 Å². The summed E-state index contributed by atoms with van der Waals surface area (Å²) in [6.45, 7) is 0.676. The molecular weight excluding hydrogens is 258 g/mol. The summed E-state index contributed by atoms with van der Waals surface area (Å²) in [4.78, 5) is 24.6. The molecule has 8 heteroatoms. The van der Waals surface area contributed by atoms with Crippen LogP contribution in [0.2, 0.25) is 0 Å². The average molecular weight is 275 g/mol. The minimum atomic E-state index is -3.28. The van der Waals surface area contributed by atoms with E-state index in [1.807, 2.05) is 0 Å². The molecule has 2 fully saturated rings. The summed E-state index contributed by atoms with van der Waals surface area (Å²) >= 11 is 0. The summed E-state index contributed by atoms with van der Waals surface area (Å²) < 4.78 is 24.4. The van der Waals surface area contributed by atoms with E-state index in [4.69, 9.17) is 5.73 Å². The monoisotopic (exact) mass is 275 g/mol. The summed E-state index contributed by atoms with van der Waals surface area (Å²) in [5.74, 6) is -0.758. The van der Waals surface area contributed by atoms with Crippen molar-refractivity contribution in [3.05, 3.63) is 0 Å². The molecule has 0 bridgehead atoms. The van der Waals surface area contributed by atoms with Gasteiger partial charge < -0.3 is 10.6 Å². The number of rotatable bonds is 3. The minimum absolute atomic E-state index is 0.0968. The van der Waals surface area contributed by atoms with Crippen molar-refractivity contribution >= 4 is 21.8 Å². The second kappa shape index (κ2) is 4.85. The first-order valence-electron chi connectivity index (χ1n) is 5.98. The van der Waals surface area contributed by atoms with Crippen LogP contribution in [0.1, 0.15) is 19.3 Å². The van der Waals surface area contributed by atoms with Crippen molar-refractivity contribution < 1.29 is 18.0 Å². The van der Waals surface area contributed by atoms with Crippen molar-refractivity contribution in [3.8, 4) is 0 Å². The van der Waals surface area contributed by atoms with Gasteiger partial charge in [0, 0.05) is 13.1 Å². The highest BCUT2D eigenvalue weighted by atomic mass is 32.2. The maximum absolute atomic E-state index is 12.0. The summed E-state index contributed by atoms with van der Waals surface area (Å²) in [7, 11) is -3.28. The van der Waals surface area contributed by atoms with Crippen molar-refractivity contribution in [2.24, 2.45) is 5.73 Å². The lowest BCUT2D eigenvalue weighted by atomic mass is 10.2. The van der Waals surface area contributed by atoms with Gasteiger partial charge in [-0.1, -0.05) is 0 Å². The number of hydrogen-bond donors (Lipinski definition) is 1. The number of amides is 2. The van der Waals surface area contributed by atoms with Crippen LogP contribution in [0.5, 0.6) is 0 Å². The van der Waals surface area contributed by atoms with Crippen molar-refractivity contribution in [1.82, 2.24) is 9.21 Å². The number of carbonyl (C=O) groups is 2. The predicted octanol–water partition coefficient (Wildman–Crippen LogP) is -1.50. The van der Waals surface area contributed by atoms with E-state index in [2.05, 4.69) is 0 Å². The zero-order valence-corrected chi connectivity index (χ0v) is 10.9. The van der Waals surface area contributed by atoms with Gasteiger partial charge >= 0.3 is 0 Å². The van der Waals surface area contributed by atoms with Crippen molar-refractivity contribution in [1.29, 1.82) is 0 Å². The Kier molecular flexibility index (Phi) is 3.58. The molecule has 1 unspecified atom stereocenters. The average Bonchev–Trinajstić information content (AvgIpc) is 2.86. The van der Waals surface area contributed by atoms with E-state index in [0.29, 0.717) is 25.9 Å².